The molecular formula is C22H21ClF3N5O. The number of rotatable bonds is 4. The summed E-state index contributed by atoms with van der Waals surface area (Å²) < 4.78 is 41.9. The van der Waals surface area contributed by atoms with Crippen LogP contribution >= 0.6 is 11.6 Å². The van der Waals surface area contributed by atoms with Gasteiger partial charge < -0.3 is 9.88 Å². The fourth-order valence-corrected chi connectivity index (χ4v) is 3.88. The SMILES string of the molecule is O=C(Nc1cccc(Cl)c1)N(Cc1nnc2n1CCCCC2)c1cccc(C(F)(F)F)c1. The lowest BCUT2D eigenvalue weighted by atomic mass is 10.2. The molecule has 2 amide bonds. The lowest BCUT2D eigenvalue weighted by Gasteiger charge is -2.24. The van der Waals surface area contributed by atoms with E-state index in [9.17, 15) is 18.0 Å². The third-order valence-electron chi connectivity index (χ3n) is 5.29. The number of carbonyl (C=O) groups is 1. The number of hydrogen-bond acceptors (Lipinski definition) is 3. The lowest BCUT2D eigenvalue weighted by Crippen LogP contribution is -2.35. The van der Waals surface area contributed by atoms with Gasteiger partial charge in [0.05, 0.1) is 12.1 Å². The molecule has 1 aliphatic rings. The Bertz CT molecular complexity index is 1110. The number of aryl methyl sites for hydroxylation is 1. The van der Waals surface area contributed by atoms with Crippen LogP contribution in [-0.4, -0.2) is 20.8 Å². The summed E-state index contributed by atoms with van der Waals surface area (Å²) in [6.07, 6.45) is -0.723. The van der Waals surface area contributed by atoms with Crippen LogP contribution in [-0.2, 0) is 25.7 Å². The molecule has 3 aromatic rings. The molecule has 168 valence electrons. The number of amides is 2. The van der Waals surface area contributed by atoms with Gasteiger partial charge in [0, 0.05) is 29.4 Å². The van der Waals surface area contributed by atoms with E-state index in [1.165, 1.54) is 17.0 Å². The quantitative estimate of drug-likeness (QED) is 0.522. The summed E-state index contributed by atoms with van der Waals surface area (Å²) >= 11 is 5.99. The van der Waals surface area contributed by atoms with E-state index in [1.807, 2.05) is 4.57 Å². The normalized spacial score (nSPS) is 13.9. The first-order valence-corrected chi connectivity index (χ1v) is 10.6. The van der Waals surface area contributed by atoms with Gasteiger partial charge in [-0.1, -0.05) is 30.2 Å². The molecule has 0 spiro atoms. The minimum absolute atomic E-state index is 0.0271. The van der Waals surface area contributed by atoms with Crippen molar-refractivity contribution in [2.75, 3.05) is 10.2 Å². The first-order chi connectivity index (χ1) is 15.3. The monoisotopic (exact) mass is 463 g/mol. The van der Waals surface area contributed by atoms with Gasteiger partial charge >= 0.3 is 12.2 Å². The molecule has 0 atom stereocenters. The van der Waals surface area contributed by atoms with Crippen LogP contribution in [0, 0.1) is 0 Å². The molecule has 10 heteroatoms. The fourth-order valence-electron chi connectivity index (χ4n) is 3.69. The lowest BCUT2D eigenvalue weighted by molar-refractivity contribution is -0.137. The van der Waals surface area contributed by atoms with E-state index < -0.39 is 17.8 Å². The number of urea groups is 1. The predicted octanol–water partition coefficient (Wildman–Crippen LogP) is 5.92. The van der Waals surface area contributed by atoms with Gasteiger partial charge in [-0.15, -0.1) is 10.2 Å². The van der Waals surface area contributed by atoms with Gasteiger partial charge in [-0.2, -0.15) is 13.2 Å². The van der Waals surface area contributed by atoms with Crippen molar-refractivity contribution in [3.63, 3.8) is 0 Å². The van der Waals surface area contributed by atoms with Crippen LogP contribution in [0.1, 0.15) is 36.5 Å². The Balaban J connectivity index is 1.68. The van der Waals surface area contributed by atoms with Crippen molar-refractivity contribution in [3.05, 3.63) is 70.8 Å². The smallest absolute Gasteiger partial charge is 0.313 e. The standard InChI is InChI=1S/C22H21ClF3N5O/c23-16-7-5-8-17(13-16)27-21(32)31(18-9-4-6-15(12-18)22(24,25)26)14-20-29-28-19-10-2-1-3-11-30(19)20/h4-9,12-13H,1-3,10-11,14H2,(H,27,32). The minimum atomic E-state index is -4.53. The Morgan fingerprint density at radius 1 is 1.09 bits per heavy atom. The van der Waals surface area contributed by atoms with E-state index in [0.717, 1.165) is 43.6 Å². The number of alkyl halides is 3. The average molecular weight is 464 g/mol. The zero-order valence-electron chi connectivity index (χ0n) is 17.1. The molecule has 2 aromatic carbocycles. The summed E-state index contributed by atoms with van der Waals surface area (Å²) in [6, 6.07) is 10.6. The van der Waals surface area contributed by atoms with Crippen molar-refractivity contribution in [2.45, 2.75) is 44.9 Å². The van der Waals surface area contributed by atoms with Crippen molar-refractivity contribution in [2.24, 2.45) is 0 Å². The predicted molar refractivity (Wildman–Crippen MR) is 116 cm³/mol. The number of anilines is 2. The number of benzene rings is 2. The molecule has 0 saturated carbocycles. The van der Waals surface area contributed by atoms with E-state index in [2.05, 4.69) is 15.5 Å². The summed E-state index contributed by atoms with van der Waals surface area (Å²) in [5.74, 6) is 1.36. The molecule has 1 N–H and O–H groups in total. The van der Waals surface area contributed by atoms with Crippen LogP contribution in [0.5, 0.6) is 0 Å². The average Bonchev–Trinajstić information content (AvgIpc) is 2.97. The summed E-state index contributed by atoms with van der Waals surface area (Å²) in [7, 11) is 0. The van der Waals surface area contributed by atoms with Gasteiger partial charge in [0.15, 0.2) is 5.82 Å². The molecule has 0 fully saturated rings. The molecule has 0 radical (unpaired) electrons. The molecule has 0 aliphatic carbocycles. The van der Waals surface area contributed by atoms with E-state index in [0.29, 0.717) is 23.1 Å². The van der Waals surface area contributed by atoms with Crippen LogP contribution in [0.2, 0.25) is 5.02 Å². The largest absolute Gasteiger partial charge is 0.416 e. The third-order valence-corrected chi connectivity index (χ3v) is 5.53. The molecular weight excluding hydrogens is 443 g/mol. The Kier molecular flexibility index (Phi) is 6.36. The Hall–Kier alpha value is -3.07. The molecule has 6 nitrogen and oxygen atoms in total. The maximum Gasteiger partial charge on any atom is 0.416 e. The number of carbonyl (C=O) groups excluding carboxylic acids is 1. The first kappa shape index (κ1) is 22.1. The summed E-state index contributed by atoms with van der Waals surface area (Å²) in [5, 5.41) is 11.6. The van der Waals surface area contributed by atoms with Crippen molar-refractivity contribution in [3.8, 4) is 0 Å². The number of nitrogens with one attached hydrogen (secondary N) is 1. The summed E-state index contributed by atoms with van der Waals surface area (Å²) in [6.45, 7) is 0.685. The van der Waals surface area contributed by atoms with Gasteiger partial charge in [0.2, 0.25) is 0 Å². The van der Waals surface area contributed by atoms with E-state index in [4.69, 9.17) is 11.6 Å². The second-order valence-electron chi connectivity index (χ2n) is 7.57. The van der Waals surface area contributed by atoms with Crippen LogP contribution in [0.3, 0.4) is 0 Å². The highest BCUT2D eigenvalue weighted by molar-refractivity contribution is 6.30. The van der Waals surface area contributed by atoms with Gasteiger partial charge in [-0.3, -0.25) is 4.90 Å². The third kappa shape index (κ3) is 5.04. The van der Waals surface area contributed by atoms with Crippen molar-refractivity contribution in [1.29, 1.82) is 0 Å². The second-order valence-corrected chi connectivity index (χ2v) is 8.01. The number of nitrogens with zero attached hydrogens (tertiary/aromatic N) is 4. The Morgan fingerprint density at radius 2 is 1.91 bits per heavy atom. The highest BCUT2D eigenvalue weighted by atomic mass is 35.5. The highest BCUT2D eigenvalue weighted by Gasteiger charge is 2.32. The summed E-state index contributed by atoms with van der Waals surface area (Å²) in [5.41, 5.74) is -0.305. The van der Waals surface area contributed by atoms with E-state index in [1.54, 1.807) is 24.3 Å². The maximum absolute atomic E-state index is 13.3. The first-order valence-electron chi connectivity index (χ1n) is 10.2. The van der Waals surface area contributed by atoms with Crippen molar-refractivity contribution >= 4 is 29.0 Å². The molecule has 4 rings (SSSR count). The number of hydrogen-bond donors (Lipinski definition) is 1. The maximum atomic E-state index is 13.3. The molecule has 0 bridgehead atoms. The van der Waals surface area contributed by atoms with Gasteiger partial charge in [-0.25, -0.2) is 4.79 Å². The molecule has 32 heavy (non-hydrogen) atoms. The Morgan fingerprint density at radius 3 is 2.69 bits per heavy atom. The molecule has 2 heterocycles. The molecule has 1 aliphatic heterocycles. The van der Waals surface area contributed by atoms with Crippen LogP contribution in [0.15, 0.2) is 48.5 Å². The molecule has 0 unspecified atom stereocenters. The van der Waals surface area contributed by atoms with Gasteiger partial charge in [-0.05, 0) is 49.2 Å². The zero-order valence-corrected chi connectivity index (χ0v) is 17.8. The van der Waals surface area contributed by atoms with Crippen LogP contribution in [0.4, 0.5) is 29.3 Å². The van der Waals surface area contributed by atoms with Gasteiger partial charge in [0.25, 0.3) is 0 Å². The van der Waals surface area contributed by atoms with Crippen molar-refractivity contribution in [1.82, 2.24) is 14.8 Å². The van der Waals surface area contributed by atoms with Crippen LogP contribution in [0.25, 0.3) is 0 Å². The molecule has 1 aromatic heterocycles. The number of halogens is 4. The fraction of sp³-hybridized carbons (Fsp3) is 0.318. The second kappa shape index (κ2) is 9.20. The van der Waals surface area contributed by atoms with Crippen molar-refractivity contribution < 1.29 is 18.0 Å². The Labute approximate surface area is 188 Å². The molecule has 0 saturated heterocycles. The summed E-state index contributed by atoms with van der Waals surface area (Å²) in [4.78, 5) is 14.4. The van der Waals surface area contributed by atoms with E-state index >= 15 is 0 Å². The topological polar surface area (TPSA) is 63.1 Å². The zero-order chi connectivity index (χ0) is 22.7. The highest BCUT2D eigenvalue weighted by Crippen LogP contribution is 2.32. The van der Waals surface area contributed by atoms with Gasteiger partial charge in [0.1, 0.15) is 5.82 Å². The number of fused-ring (bicyclic) bond motifs is 1. The van der Waals surface area contributed by atoms with E-state index in [-0.39, 0.29) is 12.2 Å². The number of aromatic nitrogens is 3. The minimum Gasteiger partial charge on any atom is -0.313 e. The van der Waals surface area contributed by atoms with Crippen LogP contribution < -0.4 is 10.2 Å².